The molecule has 0 fully saturated rings. The second-order valence-electron chi connectivity index (χ2n) is 9.44. The standard InChI is InChI=1S/C32H34FNO7S/c1-3-34(14-5-16-38-18-19-39-22(2)35)15-17-40-26-9-11-27(12-10-26)41-31-28-13-8-25(36)21-29(28)42-32(31)30(37)23-6-4-7-24(33)20-23/h4,6-13,20-21,36H,3,5,14-19H2,1-2H3. The number of carbonyl (C=O) groups is 2. The Labute approximate surface area is 248 Å². The molecule has 0 amide bonds. The number of ether oxygens (including phenoxy) is 4. The third-order valence-electron chi connectivity index (χ3n) is 6.38. The highest BCUT2D eigenvalue weighted by Gasteiger charge is 2.22. The van der Waals surface area contributed by atoms with E-state index in [-0.39, 0.29) is 29.7 Å². The van der Waals surface area contributed by atoms with Crippen LogP contribution in [0.4, 0.5) is 4.39 Å². The van der Waals surface area contributed by atoms with Gasteiger partial charge in [-0.3, -0.25) is 9.59 Å². The zero-order valence-corrected chi connectivity index (χ0v) is 24.5. The fourth-order valence-electron chi connectivity index (χ4n) is 4.25. The number of likely N-dealkylation sites (N-methyl/N-ethyl adjacent to an activating group) is 1. The van der Waals surface area contributed by atoms with E-state index in [1.165, 1.54) is 42.5 Å². The molecule has 0 saturated carbocycles. The van der Waals surface area contributed by atoms with E-state index in [1.807, 2.05) is 0 Å². The molecule has 222 valence electrons. The Hall–Kier alpha value is -3.99. The van der Waals surface area contributed by atoms with Crippen LogP contribution in [0, 0.1) is 5.82 Å². The van der Waals surface area contributed by atoms with Gasteiger partial charge in [0.2, 0.25) is 5.78 Å². The normalized spacial score (nSPS) is 11.1. The van der Waals surface area contributed by atoms with Crippen molar-refractivity contribution in [2.45, 2.75) is 20.3 Å². The molecule has 0 bridgehead atoms. The summed E-state index contributed by atoms with van der Waals surface area (Å²) in [5.41, 5.74) is 0.215. The number of fused-ring (bicyclic) bond motifs is 1. The largest absolute Gasteiger partial charge is 0.508 e. The monoisotopic (exact) mass is 595 g/mol. The number of ketones is 1. The van der Waals surface area contributed by atoms with Gasteiger partial charge in [0.1, 0.15) is 41.2 Å². The summed E-state index contributed by atoms with van der Waals surface area (Å²) in [7, 11) is 0. The van der Waals surface area contributed by atoms with Crippen LogP contribution in [-0.2, 0) is 14.3 Å². The molecular weight excluding hydrogens is 561 g/mol. The van der Waals surface area contributed by atoms with Crippen LogP contribution in [0.5, 0.6) is 23.0 Å². The summed E-state index contributed by atoms with van der Waals surface area (Å²) in [6, 6.07) is 17.5. The Morgan fingerprint density at radius 2 is 1.71 bits per heavy atom. The molecule has 10 heteroatoms. The molecule has 1 heterocycles. The molecule has 0 aliphatic carbocycles. The first kappa shape index (κ1) is 31.0. The molecule has 0 radical (unpaired) electrons. The minimum Gasteiger partial charge on any atom is -0.508 e. The van der Waals surface area contributed by atoms with Crippen LogP contribution in [0.1, 0.15) is 35.5 Å². The first-order valence-electron chi connectivity index (χ1n) is 13.7. The Kier molecular flexibility index (Phi) is 11.3. The van der Waals surface area contributed by atoms with Gasteiger partial charge < -0.3 is 29.0 Å². The van der Waals surface area contributed by atoms with Crippen LogP contribution >= 0.6 is 11.3 Å². The zero-order chi connectivity index (χ0) is 29.9. The number of phenolic OH excluding ortho intramolecular Hbond substituents is 1. The minimum absolute atomic E-state index is 0.0766. The van der Waals surface area contributed by atoms with Crippen LogP contribution < -0.4 is 9.47 Å². The van der Waals surface area contributed by atoms with E-state index < -0.39 is 5.82 Å². The van der Waals surface area contributed by atoms with Gasteiger partial charge in [-0.1, -0.05) is 19.1 Å². The van der Waals surface area contributed by atoms with Gasteiger partial charge in [-0.15, -0.1) is 11.3 Å². The van der Waals surface area contributed by atoms with Gasteiger partial charge in [-0.2, -0.15) is 0 Å². The summed E-state index contributed by atoms with van der Waals surface area (Å²) in [5.74, 6) is 0.454. The van der Waals surface area contributed by atoms with Crippen molar-refractivity contribution in [1.82, 2.24) is 4.90 Å². The van der Waals surface area contributed by atoms with Crippen LogP contribution in [-0.4, -0.2) is 67.8 Å². The SMILES string of the molecule is CCN(CCCOCCOC(C)=O)CCOc1ccc(Oc2c(C(=O)c3cccc(F)c3)sc3cc(O)ccc23)cc1. The zero-order valence-electron chi connectivity index (χ0n) is 23.6. The van der Waals surface area contributed by atoms with Crippen molar-refractivity contribution < 1.29 is 38.0 Å². The Morgan fingerprint density at radius 1 is 0.929 bits per heavy atom. The Morgan fingerprint density at radius 3 is 2.45 bits per heavy atom. The molecule has 0 saturated heterocycles. The summed E-state index contributed by atoms with van der Waals surface area (Å²) in [6.07, 6.45) is 0.862. The number of thiophene rings is 1. The number of carbonyl (C=O) groups excluding carboxylic acids is 2. The van der Waals surface area contributed by atoms with E-state index in [9.17, 15) is 19.1 Å². The highest BCUT2D eigenvalue weighted by molar-refractivity contribution is 7.21. The summed E-state index contributed by atoms with van der Waals surface area (Å²) in [4.78, 5) is 26.7. The molecule has 4 aromatic rings. The summed E-state index contributed by atoms with van der Waals surface area (Å²) in [6.45, 7) is 7.73. The topological polar surface area (TPSA) is 94.5 Å². The summed E-state index contributed by atoms with van der Waals surface area (Å²) >= 11 is 1.18. The first-order valence-corrected chi connectivity index (χ1v) is 14.6. The number of benzene rings is 3. The van der Waals surface area contributed by atoms with Crippen molar-refractivity contribution in [2.75, 3.05) is 46.1 Å². The predicted octanol–water partition coefficient (Wildman–Crippen LogP) is 6.44. The third-order valence-corrected chi connectivity index (χ3v) is 7.52. The quantitative estimate of drug-likeness (QED) is 0.0899. The van der Waals surface area contributed by atoms with E-state index in [0.717, 1.165) is 26.1 Å². The molecule has 1 N–H and O–H groups in total. The fourth-order valence-corrected chi connectivity index (χ4v) is 5.38. The maximum atomic E-state index is 13.8. The van der Waals surface area contributed by atoms with Gasteiger partial charge in [0, 0.05) is 42.3 Å². The maximum absolute atomic E-state index is 13.8. The smallest absolute Gasteiger partial charge is 0.302 e. The van der Waals surface area contributed by atoms with Gasteiger partial charge in [-0.05, 0) is 67.6 Å². The van der Waals surface area contributed by atoms with Gasteiger partial charge >= 0.3 is 5.97 Å². The highest BCUT2D eigenvalue weighted by atomic mass is 32.1. The Balaban J connectivity index is 1.33. The number of halogens is 1. The van der Waals surface area contributed by atoms with Crippen molar-refractivity contribution in [3.05, 3.63) is 83.0 Å². The molecule has 0 unspecified atom stereocenters. The highest BCUT2D eigenvalue weighted by Crippen LogP contribution is 2.42. The Bertz CT molecular complexity index is 1490. The second-order valence-corrected chi connectivity index (χ2v) is 10.5. The van der Waals surface area contributed by atoms with Crippen LogP contribution in [0.25, 0.3) is 10.1 Å². The van der Waals surface area contributed by atoms with Gasteiger partial charge in [-0.25, -0.2) is 4.39 Å². The first-order chi connectivity index (χ1) is 20.3. The number of esters is 1. The third kappa shape index (κ3) is 8.75. The fraction of sp³-hybridized carbons (Fsp3) is 0.312. The molecule has 0 aliphatic heterocycles. The minimum atomic E-state index is -0.498. The van der Waals surface area contributed by atoms with Gasteiger partial charge in [0.25, 0.3) is 0 Å². The molecule has 0 spiro atoms. The molecule has 0 aliphatic rings. The number of aromatic hydroxyl groups is 1. The van der Waals surface area contributed by atoms with Crippen molar-refractivity contribution in [3.8, 4) is 23.0 Å². The maximum Gasteiger partial charge on any atom is 0.302 e. The molecule has 1 aromatic heterocycles. The number of hydrogen-bond acceptors (Lipinski definition) is 9. The number of nitrogens with zero attached hydrogens (tertiary/aromatic N) is 1. The van der Waals surface area contributed by atoms with Crippen molar-refractivity contribution >= 4 is 33.2 Å². The lowest BCUT2D eigenvalue weighted by atomic mass is 10.1. The van der Waals surface area contributed by atoms with Crippen LogP contribution in [0.3, 0.4) is 0 Å². The number of rotatable bonds is 16. The predicted molar refractivity (Wildman–Crippen MR) is 160 cm³/mol. The molecule has 42 heavy (non-hydrogen) atoms. The van der Waals surface area contributed by atoms with E-state index in [0.29, 0.717) is 52.0 Å². The average molecular weight is 596 g/mol. The van der Waals surface area contributed by atoms with Crippen LogP contribution in [0.15, 0.2) is 66.7 Å². The lowest BCUT2D eigenvalue weighted by Gasteiger charge is -2.20. The second kappa shape index (κ2) is 15.3. The lowest BCUT2D eigenvalue weighted by molar-refractivity contribution is -0.142. The van der Waals surface area contributed by atoms with Gasteiger partial charge in [0.05, 0.1) is 6.61 Å². The molecule has 4 rings (SSSR count). The molecule has 0 atom stereocenters. The van der Waals surface area contributed by atoms with E-state index in [4.69, 9.17) is 18.9 Å². The molecule has 8 nitrogen and oxygen atoms in total. The van der Waals surface area contributed by atoms with E-state index >= 15 is 0 Å². The number of phenols is 1. The average Bonchev–Trinajstić information content (AvgIpc) is 3.32. The van der Waals surface area contributed by atoms with Crippen molar-refractivity contribution in [1.29, 1.82) is 0 Å². The van der Waals surface area contributed by atoms with Gasteiger partial charge in [0.15, 0.2) is 5.75 Å². The summed E-state index contributed by atoms with van der Waals surface area (Å²) in [5, 5.41) is 10.6. The van der Waals surface area contributed by atoms with Crippen molar-refractivity contribution in [3.63, 3.8) is 0 Å². The van der Waals surface area contributed by atoms with Crippen molar-refractivity contribution in [2.24, 2.45) is 0 Å². The molecule has 3 aromatic carbocycles. The summed E-state index contributed by atoms with van der Waals surface area (Å²) < 4.78 is 37.0. The number of hydrogen-bond donors (Lipinski definition) is 1. The molecular formula is C32H34FNO7S. The lowest BCUT2D eigenvalue weighted by Crippen LogP contribution is -2.30. The van der Waals surface area contributed by atoms with E-state index in [1.54, 1.807) is 42.5 Å². The van der Waals surface area contributed by atoms with E-state index in [2.05, 4.69) is 11.8 Å². The van der Waals surface area contributed by atoms with Crippen LogP contribution in [0.2, 0.25) is 0 Å².